The molecule has 1 fully saturated rings. The molecule has 140 valence electrons. The van der Waals surface area contributed by atoms with Crippen LogP contribution in [0.3, 0.4) is 0 Å². The topological polar surface area (TPSA) is 156 Å². The number of carboxylic acid groups (broad SMARTS) is 3. The summed E-state index contributed by atoms with van der Waals surface area (Å²) in [5.41, 5.74) is -2.82. The molecular weight excluding hydrogens is 322 g/mol. The summed E-state index contributed by atoms with van der Waals surface area (Å²) in [4.78, 5) is 30.5. The third kappa shape index (κ3) is 6.42. The maximum absolute atomic E-state index is 10.3. The average molecular weight is 349 g/mol. The molecule has 0 aromatic rings. The monoisotopic (exact) mass is 349 g/mol. The van der Waals surface area contributed by atoms with Crippen LogP contribution < -0.4 is 0 Å². The molecule has 0 saturated carbocycles. The SMILES string of the molecule is CC1(C)CCCC(C)(C)N1O.O=C(O)CC(O)(CC(=O)O)C(=O)O. The van der Waals surface area contributed by atoms with E-state index >= 15 is 0 Å². The lowest BCUT2D eigenvalue weighted by Gasteiger charge is -2.48. The fourth-order valence-corrected chi connectivity index (χ4v) is 2.70. The zero-order valence-corrected chi connectivity index (χ0v) is 14.4. The van der Waals surface area contributed by atoms with E-state index in [1.54, 1.807) is 0 Å². The first-order valence-corrected chi connectivity index (χ1v) is 7.53. The van der Waals surface area contributed by atoms with Crippen molar-refractivity contribution >= 4 is 17.9 Å². The Morgan fingerprint density at radius 2 is 1.25 bits per heavy atom. The number of carbonyl (C=O) groups is 3. The van der Waals surface area contributed by atoms with E-state index in [1.807, 2.05) is 0 Å². The molecule has 9 nitrogen and oxygen atoms in total. The van der Waals surface area contributed by atoms with Crippen molar-refractivity contribution in [2.45, 2.75) is 76.5 Å². The summed E-state index contributed by atoms with van der Waals surface area (Å²) < 4.78 is 0. The molecule has 1 rings (SSSR count). The molecule has 1 saturated heterocycles. The first-order valence-electron chi connectivity index (χ1n) is 7.53. The Bertz CT molecular complexity index is 454. The third-order valence-corrected chi connectivity index (χ3v) is 4.01. The van der Waals surface area contributed by atoms with Crippen molar-refractivity contribution < 1.29 is 40.0 Å². The van der Waals surface area contributed by atoms with Crippen molar-refractivity contribution in [1.29, 1.82) is 0 Å². The quantitative estimate of drug-likeness (QED) is 0.491. The van der Waals surface area contributed by atoms with E-state index in [0.29, 0.717) is 0 Å². The van der Waals surface area contributed by atoms with Crippen molar-refractivity contribution in [3.05, 3.63) is 0 Å². The summed E-state index contributed by atoms with van der Waals surface area (Å²) >= 11 is 0. The molecule has 0 radical (unpaired) electrons. The van der Waals surface area contributed by atoms with Gasteiger partial charge in [-0.2, -0.15) is 5.06 Å². The number of rotatable bonds is 5. The summed E-state index contributed by atoms with van der Waals surface area (Å²) in [7, 11) is 0. The Labute approximate surface area is 140 Å². The van der Waals surface area contributed by atoms with E-state index in [-0.39, 0.29) is 11.1 Å². The fourth-order valence-electron chi connectivity index (χ4n) is 2.70. The van der Waals surface area contributed by atoms with Crippen molar-refractivity contribution in [3.63, 3.8) is 0 Å². The summed E-state index contributed by atoms with van der Waals surface area (Å²) in [6.45, 7) is 8.36. The molecule has 0 amide bonds. The summed E-state index contributed by atoms with van der Waals surface area (Å²) in [5.74, 6) is -5.02. The molecule has 0 spiro atoms. The van der Waals surface area contributed by atoms with Gasteiger partial charge in [0.25, 0.3) is 0 Å². The Kier molecular flexibility index (Phi) is 7.35. The van der Waals surface area contributed by atoms with Crippen LogP contribution in [0.2, 0.25) is 0 Å². The van der Waals surface area contributed by atoms with E-state index in [2.05, 4.69) is 27.7 Å². The number of hydrogen-bond acceptors (Lipinski definition) is 6. The second kappa shape index (κ2) is 7.91. The zero-order valence-electron chi connectivity index (χ0n) is 14.4. The highest BCUT2D eigenvalue weighted by Crippen LogP contribution is 2.35. The van der Waals surface area contributed by atoms with E-state index in [4.69, 9.17) is 20.4 Å². The molecule has 0 atom stereocenters. The van der Waals surface area contributed by atoms with E-state index in [9.17, 15) is 19.6 Å². The van der Waals surface area contributed by atoms with E-state index < -0.39 is 36.4 Å². The Hall–Kier alpha value is -1.71. The highest BCUT2D eigenvalue weighted by atomic mass is 16.5. The van der Waals surface area contributed by atoms with Crippen LogP contribution in [0.1, 0.15) is 59.8 Å². The number of hydrogen-bond donors (Lipinski definition) is 5. The van der Waals surface area contributed by atoms with Crippen molar-refractivity contribution in [3.8, 4) is 0 Å². The van der Waals surface area contributed by atoms with Crippen LogP contribution in [0.4, 0.5) is 0 Å². The maximum Gasteiger partial charge on any atom is 0.336 e. The molecule has 1 heterocycles. The van der Waals surface area contributed by atoms with Crippen LogP contribution in [-0.4, -0.2) is 65.3 Å². The minimum atomic E-state index is -2.74. The molecule has 1 aliphatic rings. The lowest BCUT2D eigenvalue weighted by atomic mass is 9.82. The van der Waals surface area contributed by atoms with Gasteiger partial charge in [0, 0.05) is 11.1 Å². The first-order chi connectivity index (χ1) is 10.6. The number of aliphatic carboxylic acids is 3. The first kappa shape index (κ1) is 22.3. The normalized spacial score (nSPS) is 19.8. The lowest BCUT2D eigenvalue weighted by molar-refractivity contribution is -0.241. The van der Waals surface area contributed by atoms with Gasteiger partial charge in [-0.05, 0) is 47.0 Å². The summed E-state index contributed by atoms with van der Waals surface area (Å²) in [6.07, 6.45) is 1.11. The largest absolute Gasteiger partial charge is 0.481 e. The molecule has 0 aliphatic carbocycles. The smallest absolute Gasteiger partial charge is 0.336 e. The van der Waals surface area contributed by atoms with E-state index in [0.717, 1.165) is 12.8 Å². The van der Waals surface area contributed by atoms with Crippen molar-refractivity contribution in [2.24, 2.45) is 0 Å². The van der Waals surface area contributed by atoms with Gasteiger partial charge in [0.2, 0.25) is 0 Å². The molecule has 1 aliphatic heterocycles. The molecular formula is C15H27NO8. The predicted molar refractivity (Wildman–Crippen MR) is 82.7 cm³/mol. The van der Waals surface area contributed by atoms with Gasteiger partial charge in [0.05, 0.1) is 12.8 Å². The summed E-state index contributed by atoms with van der Waals surface area (Å²) in [6, 6.07) is 0. The van der Waals surface area contributed by atoms with Gasteiger partial charge in [0.1, 0.15) is 0 Å². The number of carboxylic acids is 3. The molecule has 0 bridgehead atoms. The number of aliphatic hydroxyl groups is 1. The van der Waals surface area contributed by atoms with Gasteiger partial charge in [-0.1, -0.05) is 0 Å². The van der Waals surface area contributed by atoms with Gasteiger partial charge in [-0.25, -0.2) is 4.79 Å². The second-order valence-electron chi connectivity index (χ2n) is 7.27. The van der Waals surface area contributed by atoms with Gasteiger partial charge >= 0.3 is 17.9 Å². The van der Waals surface area contributed by atoms with Crippen LogP contribution in [0.25, 0.3) is 0 Å². The molecule has 24 heavy (non-hydrogen) atoms. The van der Waals surface area contributed by atoms with Crippen LogP contribution in [0, 0.1) is 0 Å². The number of nitrogens with zero attached hydrogens (tertiary/aromatic N) is 1. The van der Waals surface area contributed by atoms with Crippen LogP contribution in [-0.2, 0) is 14.4 Å². The summed E-state index contributed by atoms with van der Waals surface area (Å²) in [5, 5.41) is 45.1. The molecule has 0 unspecified atom stereocenters. The van der Waals surface area contributed by atoms with Gasteiger partial charge in [-0.15, -0.1) is 0 Å². The molecule has 0 aromatic carbocycles. The lowest BCUT2D eigenvalue weighted by Crippen LogP contribution is -2.56. The average Bonchev–Trinajstić information content (AvgIpc) is 2.34. The highest BCUT2D eigenvalue weighted by Gasteiger charge is 2.41. The number of piperidine rings is 1. The number of hydroxylamine groups is 2. The highest BCUT2D eigenvalue weighted by molar-refractivity contribution is 5.88. The molecule has 9 heteroatoms. The zero-order chi connectivity index (χ0) is 19.3. The van der Waals surface area contributed by atoms with Gasteiger partial charge < -0.3 is 25.6 Å². The Balaban J connectivity index is 0.000000446. The predicted octanol–water partition coefficient (Wildman–Crippen LogP) is 1.17. The van der Waals surface area contributed by atoms with Crippen LogP contribution >= 0.6 is 0 Å². The Morgan fingerprint density at radius 1 is 0.917 bits per heavy atom. The standard InChI is InChI=1S/C9H19NO.C6H8O7/c1-8(2)6-5-7-9(3,4)10(8)11;7-3(8)1-6(13,5(11)12)2-4(9)10/h11H,5-7H2,1-4H3;13H,1-2H2,(H,7,8)(H,9,10)(H,11,12). The minimum Gasteiger partial charge on any atom is -0.481 e. The van der Waals surface area contributed by atoms with Crippen molar-refractivity contribution in [2.75, 3.05) is 0 Å². The van der Waals surface area contributed by atoms with Crippen molar-refractivity contribution in [1.82, 2.24) is 5.06 Å². The van der Waals surface area contributed by atoms with Gasteiger partial charge in [0.15, 0.2) is 5.60 Å². The van der Waals surface area contributed by atoms with Crippen LogP contribution in [0.15, 0.2) is 0 Å². The van der Waals surface area contributed by atoms with E-state index in [1.165, 1.54) is 11.5 Å². The second-order valence-corrected chi connectivity index (χ2v) is 7.27. The van der Waals surface area contributed by atoms with Crippen LogP contribution in [0.5, 0.6) is 0 Å². The maximum atomic E-state index is 10.3. The molecule has 0 aromatic heterocycles. The van der Waals surface area contributed by atoms with Gasteiger partial charge in [-0.3, -0.25) is 9.59 Å². The third-order valence-electron chi connectivity index (χ3n) is 4.01. The fraction of sp³-hybridized carbons (Fsp3) is 0.800. The molecule has 5 N–H and O–H groups in total. The Morgan fingerprint density at radius 3 is 1.46 bits per heavy atom. The minimum absolute atomic E-state index is 0.0399.